The lowest BCUT2D eigenvalue weighted by atomic mass is 9.81. The van der Waals surface area contributed by atoms with E-state index in [-0.39, 0.29) is 18.1 Å². The molecular weight excluding hydrogens is 198 g/mol. The monoisotopic (exact) mass is 209 g/mol. The van der Waals surface area contributed by atoms with Crippen LogP contribution in [0.25, 0.3) is 0 Å². The Labute approximate surface area is 86.2 Å². The zero-order valence-corrected chi connectivity index (χ0v) is 8.08. The number of Topliss-reactive ketones (excluding diaryl/α,β-unsaturated/α-hetero) is 1. The molecule has 5 nitrogen and oxygen atoms in total. The van der Waals surface area contributed by atoms with E-state index in [1.165, 1.54) is 0 Å². The molecule has 5 heteroatoms. The molecule has 0 bridgehead atoms. The van der Waals surface area contributed by atoms with Gasteiger partial charge in [0.05, 0.1) is 5.92 Å². The van der Waals surface area contributed by atoms with Crippen molar-refractivity contribution in [2.75, 3.05) is 0 Å². The van der Waals surface area contributed by atoms with Gasteiger partial charge in [0.15, 0.2) is 5.78 Å². The van der Waals surface area contributed by atoms with Crippen LogP contribution in [-0.2, 0) is 14.4 Å². The Hall–Kier alpha value is -1.65. The minimum Gasteiger partial charge on any atom is -0.481 e. The molecule has 0 radical (unpaired) electrons. The zero-order chi connectivity index (χ0) is 11.0. The van der Waals surface area contributed by atoms with Gasteiger partial charge in [-0.2, -0.15) is 0 Å². The lowest BCUT2D eigenvalue weighted by molar-refractivity contribution is -0.144. The van der Waals surface area contributed by atoms with Crippen LogP contribution in [0.3, 0.4) is 0 Å². The number of aliphatic carboxylic acids is 1. The van der Waals surface area contributed by atoms with Gasteiger partial charge in [0.25, 0.3) is 0 Å². The summed E-state index contributed by atoms with van der Waals surface area (Å²) in [6, 6.07) is 0. The van der Waals surface area contributed by atoms with Gasteiger partial charge in [-0.3, -0.25) is 14.4 Å². The second-order valence-corrected chi connectivity index (χ2v) is 3.81. The molecule has 0 fully saturated rings. The molecule has 2 rings (SSSR count). The number of nitrogens with one attached hydrogen (secondary N) is 1. The first-order chi connectivity index (χ1) is 7.09. The average Bonchev–Trinajstić information content (AvgIpc) is 2.16. The number of carbonyl (C=O) groups excluding carboxylic acids is 2. The Balaban J connectivity index is 2.43. The molecule has 0 spiro atoms. The van der Waals surface area contributed by atoms with Crippen molar-refractivity contribution in [1.82, 2.24) is 5.32 Å². The number of hydrogen-bond donors (Lipinski definition) is 2. The van der Waals surface area contributed by atoms with Gasteiger partial charge in [0, 0.05) is 24.1 Å². The summed E-state index contributed by atoms with van der Waals surface area (Å²) in [6.45, 7) is 0. The fourth-order valence-electron chi connectivity index (χ4n) is 2.12. The van der Waals surface area contributed by atoms with Crippen LogP contribution in [0, 0.1) is 5.92 Å². The highest BCUT2D eigenvalue weighted by Crippen LogP contribution is 2.31. The first kappa shape index (κ1) is 9.89. The van der Waals surface area contributed by atoms with E-state index < -0.39 is 11.9 Å². The summed E-state index contributed by atoms with van der Waals surface area (Å²) < 4.78 is 0. The largest absolute Gasteiger partial charge is 0.481 e. The first-order valence-electron chi connectivity index (χ1n) is 4.88. The lowest BCUT2D eigenvalue weighted by Gasteiger charge is -2.28. The summed E-state index contributed by atoms with van der Waals surface area (Å²) >= 11 is 0. The Morgan fingerprint density at radius 2 is 2.07 bits per heavy atom. The van der Waals surface area contributed by atoms with Gasteiger partial charge in [0.1, 0.15) is 0 Å². The van der Waals surface area contributed by atoms with E-state index in [0.717, 1.165) is 0 Å². The van der Waals surface area contributed by atoms with E-state index in [9.17, 15) is 14.4 Å². The zero-order valence-electron chi connectivity index (χ0n) is 8.08. The summed E-state index contributed by atoms with van der Waals surface area (Å²) in [6.07, 6.45) is 1.54. The maximum absolute atomic E-state index is 11.6. The van der Waals surface area contributed by atoms with Crippen molar-refractivity contribution >= 4 is 17.7 Å². The van der Waals surface area contributed by atoms with Crippen molar-refractivity contribution < 1.29 is 19.5 Å². The minimum absolute atomic E-state index is 0.125. The van der Waals surface area contributed by atoms with E-state index in [1.807, 2.05) is 0 Å². The van der Waals surface area contributed by atoms with Crippen molar-refractivity contribution in [3.8, 4) is 0 Å². The Morgan fingerprint density at radius 1 is 1.33 bits per heavy atom. The number of amides is 1. The molecule has 2 N–H and O–H groups in total. The highest BCUT2D eigenvalue weighted by Gasteiger charge is 2.37. The van der Waals surface area contributed by atoms with Crippen LogP contribution in [0.15, 0.2) is 11.3 Å². The van der Waals surface area contributed by atoms with Crippen LogP contribution in [0.2, 0.25) is 0 Å². The average molecular weight is 209 g/mol. The third kappa shape index (κ3) is 1.65. The van der Waals surface area contributed by atoms with Crippen molar-refractivity contribution in [1.29, 1.82) is 0 Å². The second kappa shape index (κ2) is 3.49. The van der Waals surface area contributed by atoms with E-state index in [4.69, 9.17) is 5.11 Å². The van der Waals surface area contributed by atoms with Crippen molar-refractivity contribution in [3.05, 3.63) is 11.3 Å². The van der Waals surface area contributed by atoms with Crippen molar-refractivity contribution in [2.24, 2.45) is 5.92 Å². The van der Waals surface area contributed by atoms with Gasteiger partial charge in [0.2, 0.25) is 5.91 Å². The number of carboxylic acids is 1. The Bertz CT molecular complexity index is 383. The maximum Gasteiger partial charge on any atom is 0.311 e. The van der Waals surface area contributed by atoms with Crippen LogP contribution in [0.4, 0.5) is 0 Å². The SMILES string of the molecule is O=C1CC(C(=O)O)C2=C(CCCC2=O)N1. The number of hydrogen-bond acceptors (Lipinski definition) is 3. The van der Waals surface area contributed by atoms with Crippen LogP contribution in [0.1, 0.15) is 25.7 Å². The van der Waals surface area contributed by atoms with Gasteiger partial charge in [-0.25, -0.2) is 0 Å². The molecule has 1 aliphatic heterocycles. The van der Waals surface area contributed by atoms with Crippen LogP contribution in [0.5, 0.6) is 0 Å². The fraction of sp³-hybridized carbons (Fsp3) is 0.500. The topological polar surface area (TPSA) is 83.5 Å². The van der Waals surface area contributed by atoms with Gasteiger partial charge >= 0.3 is 5.97 Å². The van der Waals surface area contributed by atoms with Crippen LogP contribution in [-0.4, -0.2) is 22.8 Å². The smallest absolute Gasteiger partial charge is 0.311 e. The third-order valence-electron chi connectivity index (χ3n) is 2.78. The highest BCUT2D eigenvalue weighted by atomic mass is 16.4. The number of carbonyl (C=O) groups is 3. The molecule has 1 amide bonds. The lowest BCUT2D eigenvalue weighted by Crippen LogP contribution is -2.40. The molecule has 0 saturated heterocycles. The van der Waals surface area contributed by atoms with E-state index in [1.54, 1.807) is 0 Å². The van der Waals surface area contributed by atoms with E-state index >= 15 is 0 Å². The molecule has 2 aliphatic rings. The molecule has 0 saturated carbocycles. The summed E-state index contributed by atoms with van der Waals surface area (Å²) in [7, 11) is 0. The first-order valence-corrected chi connectivity index (χ1v) is 4.88. The molecular formula is C10H11NO4. The molecule has 0 aromatic heterocycles. The second-order valence-electron chi connectivity index (χ2n) is 3.81. The summed E-state index contributed by atoms with van der Waals surface area (Å²) in [5.74, 6) is -2.48. The maximum atomic E-state index is 11.6. The predicted octanol–water partition coefficient (Wildman–Crippen LogP) is 0.214. The van der Waals surface area contributed by atoms with E-state index in [0.29, 0.717) is 30.5 Å². The molecule has 15 heavy (non-hydrogen) atoms. The van der Waals surface area contributed by atoms with Crippen molar-refractivity contribution in [2.45, 2.75) is 25.7 Å². The number of allylic oxidation sites excluding steroid dienone is 1. The van der Waals surface area contributed by atoms with Crippen LogP contribution >= 0.6 is 0 Å². The standard InChI is InChI=1S/C10H11NO4/c12-7-3-1-2-6-9(7)5(10(14)15)4-8(13)11-6/h5H,1-4H2,(H,11,13)(H,14,15). The van der Waals surface area contributed by atoms with Crippen LogP contribution < -0.4 is 5.32 Å². The molecule has 1 atom stereocenters. The molecule has 1 unspecified atom stereocenters. The van der Waals surface area contributed by atoms with Gasteiger partial charge < -0.3 is 10.4 Å². The normalized spacial score (nSPS) is 26.0. The van der Waals surface area contributed by atoms with Crippen molar-refractivity contribution in [3.63, 3.8) is 0 Å². The summed E-state index contributed by atoms with van der Waals surface area (Å²) in [4.78, 5) is 33.7. The number of carboxylic acid groups (broad SMARTS) is 1. The highest BCUT2D eigenvalue weighted by molar-refractivity contribution is 6.04. The summed E-state index contributed by atoms with van der Waals surface area (Å²) in [5, 5.41) is 11.5. The summed E-state index contributed by atoms with van der Waals surface area (Å²) in [5.41, 5.74) is 0.836. The fourth-order valence-corrected chi connectivity index (χ4v) is 2.12. The predicted molar refractivity (Wildman–Crippen MR) is 49.8 cm³/mol. The van der Waals surface area contributed by atoms with Gasteiger partial charge in [-0.05, 0) is 12.8 Å². The number of ketones is 1. The van der Waals surface area contributed by atoms with Gasteiger partial charge in [-0.1, -0.05) is 0 Å². The molecule has 1 heterocycles. The minimum atomic E-state index is -1.09. The molecule has 0 aromatic rings. The van der Waals surface area contributed by atoms with Gasteiger partial charge in [-0.15, -0.1) is 0 Å². The molecule has 80 valence electrons. The van der Waals surface area contributed by atoms with E-state index in [2.05, 4.69) is 5.32 Å². The third-order valence-corrected chi connectivity index (χ3v) is 2.78. The number of rotatable bonds is 1. The Morgan fingerprint density at radius 3 is 2.73 bits per heavy atom. The quantitative estimate of drug-likeness (QED) is 0.646. The molecule has 1 aliphatic carbocycles. The molecule has 0 aromatic carbocycles. The Kier molecular flexibility index (Phi) is 2.30.